The first kappa shape index (κ1) is 13.7. The van der Waals surface area contributed by atoms with Crippen LogP contribution in [0.5, 0.6) is 0 Å². The third-order valence-corrected chi connectivity index (χ3v) is 4.92. The molecule has 2 aliphatic heterocycles. The molecular formula is C15H19ClN2O2. The van der Waals surface area contributed by atoms with Crippen LogP contribution in [0.3, 0.4) is 0 Å². The van der Waals surface area contributed by atoms with Crippen LogP contribution >= 0.6 is 11.6 Å². The summed E-state index contributed by atoms with van der Waals surface area (Å²) in [6.45, 7) is 5.03. The molecule has 0 spiro atoms. The number of hydrogen-bond acceptors (Lipinski definition) is 3. The van der Waals surface area contributed by atoms with Crippen LogP contribution in [0.1, 0.15) is 18.9 Å². The minimum atomic E-state index is -0.250. The molecule has 1 aromatic rings. The number of carbonyl (C=O) groups is 1. The summed E-state index contributed by atoms with van der Waals surface area (Å²) in [6, 6.07) is 7.65. The monoisotopic (exact) mass is 294 g/mol. The average molecular weight is 295 g/mol. The van der Waals surface area contributed by atoms with E-state index in [0.29, 0.717) is 24.1 Å². The molecule has 0 radical (unpaired) electrons. The van der Waals surface area contributed by atoms with E-state index in [1.54, 1.807) is 0 Å². The first-order chi connectivity index (χ1) is 9.61. The number of amides is 1. The number of rotatable bonds is 3. The first-order valence-corrected chi connectivity index (χ1v) is 7.37. The molecular weight excluding hydrogens is 276 g/mol. The fourth-order valence-corrected chi connectivity index (χ4v) is 3.33. The molecule has 0 aromatic heterocycles. The van der Waals surface area contributed by atoms with Gasteiger partial charge in [-0.3, -0.25) is 4.90 Å². The highest BCUT2D eigenvalue weighted by Crippen LogP contribution is 2.36. The molecule has 2 fully saturated rings. The van der Waals surface area contributed by atoms with E-state index in [-0.39, 0.29) is 11.6 Å². The van der Waals surface area contributed by atoms with Gasteiger partial charge in [-0.25, -0.2) is 4.79 Å². The second-order valence-electron chi connectivity index (χ2n) is 5.78. The Morgan fingerprint density at radius 1 is 1.50 bits per heavy atom. The summed E-state index contributed by atoms with van der Waals surface area (Å²) < 4.78 is 5.32. The van der Waals surface area contributed by atoms with E-state index < -0.39 is 0 Å². The minimum Gasteiger partial charge on any atom is -0.447 e. The fraction of sp³-hybridized carbons (Fsp3) is 0.533. The van der Waals surface area contributed by atoms with Crippen molar-refractivity contribution in [2.75, 3.05) is 19.7 Å². The van der Waals surface area contributed by atoms with E-state index in [9.17, 15) is 4.79 Å². The van der Waals surface area contributed by atoms with Gasteiger partial charge in [-0.15, -0.1) is 0 Å². The van der Waals surface area contributed by atoms with E-state index in [4.69, 9.17) is 16.3 Å². The molecule has 2 heterocycles. The third kappa shape index (κ3) is 2.27. The molecule has 0 aliphatic carbocycles. The van der Waals surface area contributed by atoms with Crippen LogP contribution < -0.4 is 5.32 Å². The van der Waals surface area contributed by atoms with Crippen LogP contribution in [0, 0.1) is 5.92 Å². The Hall–Kier alpha value is -1.26. The summed E-state index contributed by atoms with van der Waals surface area (Å²) in [6.07, 6.45) is 0.839. The number of nitrogens with zero attached hydrogens (tertiary/aromatic N) is 1. The van der Waals surface area contributed by atoms with Gasteiger partial charge >= 0.3 is 6.09 Å². The maximum atomic E-state index is 12.1. The lowest BCUT2D eigenvalue weighted by Gasteiger charge is -2.37. The average Bonchev–Trinajstić information content (AvgIpc) is 3.06. The van der Waals surface area contributed by atoms with Crippen LogP contribution in [0.15, 0.2) is 24.3 Å². The lowest BCUT2D eigenvalue weighted by Crippen LogP contribution is -2.50. The maximum Gasteiger partial charge on any atom is 0.410 e. The van der Waals surface area contributed by atoms with Crippen LogP contribution in [0.2, 0.25) is 5.02 Å². The van der Waals surface area contributed by atoms with Crippen LogP contribution in [-0.2, 0) is 11.3 Å². The summed E-state index contributed by atoms with van der Waals surface area (Å²) in [7, 11) is 0. The maximum absolute atomic E-state index is 12.1. The number of hydrogen-bond donors (Lipinski definition) is 1. The highest BCUT2D eigenvalue weighted by molar-refractivity contribution is 6.31. The zero-order valence-corrected chi connectivity index (χ0v) is 12.3. The summed E-state index contributed by atoms with van der Waals surface area (Å²) in [5.74, 6) is 0.427. The van der Waals surface area contributed by atoms with Crippen molar-refractivity contribution in [1.29, 1.82) is 0 Å². The molecule has 2 aliphatic rings. The van der Waals surface area contributed by atoms with Gasteiger partial charge in [-0.05, 0) is 37.4 Å². The fourth-order valence-electron chi connectivity index (χ4n) is 3.14. The zero-order valence-electron chi connectivity index (χ0n) is 11.6. The Balaban J connectivity index is 1.85. The summed E-state index contributed by atoms with van der Waals surface area (Å²) in [5, 5.41) is 4.06. The van der Waals surface area contributed by atoms with Crippen LogP contribution in [0.25, 0.3) is 0 Å². The van der Waals surface area contributed by atoms with E-state index >= 15 is 0 Å². The van der Waals surface area contributed by atoms with Gasteiger partial charge in [0.05, 0.1) is 12.1 Å². The van der Waals surface area contributed by atoms with Gasteiger partial charge in [-0.2, -0.15) is 0 Å². The van der Waals surface area contributed by atoms with Crippen molar-refractivity contribution in [2.45, 2.75) is 25.4 Å². The summed E-state index contributed by atoms with van der Waals surface area (Å²) in [4.78, 5) is 13.9. The molecule has 108 valence electrons. The van der Waals surface area contributed by atoms with Crippen molar-refractivity contribution in [1.82, 2.24) is 10.2 Å². The van der Waals surface area contributed by atoms with Gasteiger partial charge in [0, 0.05) is 11.6 Å². The van der Waals surface area contributed by atoms with Crippen molar-refractivity contribution in [3.05, 3.63) is 34.9 Å². The normalized spacial score (nSPS) is 29.8. The molecule has 0 bridgehead atoms. The molecule has 5 heteroatoms. The van der Waals surface area contributed by atoms with E-state index in [1.807, 2.05) is 29.2 Å². The first-order valence-electron chi connectivity index (χ1n) is 7.00. The molecule has 1 aromatic carbocycles. The molecule has 20 heavy (non-hydrogen) atoms. The summed E-state index contributed by atoms with van der Waals surface area (Å²) in [5.41, 5.74) is 0.713. The van der Waals surface area contributed by atoms with Gasteiger partial charge in [-0.1, -0.05) is 29.8 Å². The van der Waals surface area contributed by atoms with Crippen molar-refractivity contribution < 1.29 is 9.53 Å². The van der Waals surface area contributed by atoms with Gasteiger partial charge in [0.2, 0.25) is 0 Å². The van der Waals surface area contributed by atoms with Crippen molar-refractivity contribution in [3.8, 4) is 0 Å². The van der Waals surface area contributed by atoms with Crippen molar-refractivity contribution in [3.63, 3.8) is 0 Å². The quantitative estimate of drug-likeness (QED) is 0.932. The molecule has 4 nitrogen and oxygen atoms in total. The number of carbonyl (C=O) groups excluding carboxylic acids is 1. The molecule has 2 unspecified atom stereocenters. The Kier molecular flexibility index (Phi) is 3.61. The number of benzene rings is 1. The largest absolute Gasteiger partial charge is 0.447 e. The minimum absolute atomic E-state index is 0.237. The number of cyclic esters (lactones) is 1. The van der Waals surface area contributed by atoms with Gasteiger partial charge in [0.1, 0.15) is 6.61 Å². The van der Waals surface area contributed by atoms with E-state index in [1.165, 1.54) is 0 Å². The molecule has 0 saturated carbocycles. The zero-order chi connectivity index (χ0) is 14.2. The third-order valence-electron chi connectivity index (χ3n) is 4.55. The summed E-state index contributed by atoms with van der Waals surface area (Å²) >= 11 is 6.21. The Labute approximate surface area is 124 Å². The van der Waals surface area contributed by atoms with Crippen molar-refractivity contribution >= 4 is 17.7 Å². The van der Waals surface area contributed by atoms with E-state index in [2.05, 4.69) is 12.2 Å². The second kappa shape index (κ2) is 5.26. The van der Waals surface area contributed by atoms with Crippen LogP contribution in [-0.4, -0.2) is 36.2 Å². The highest BCUT2D eigenvalue weighted by Gasteiger charge is 2.49. The lowest BCUT2D eigenvalue weighted by atomic mass is 9.84. The van der Waals surface area contributed by atoms with Gasteiger partial charge in [0.15, 0.2) is 0 Å². The Morgan fingerprint density at radius 3 is 3.00 bits per heavy atom. The molecule has 3 rings (SSSR count). The SMILES string of the molecule is CC1(C2CCNC2)COC(=O)N1Cc1ccccc1Cl. The number of nitrogens with one attached hydrogen (secondary N) is 1. The lowest BCUT2D eigenvalue weighted by molar-refractivity contribution is 0.117. The second-order valence-corrected chi connectivity index (χ2v) is 6.19. The van der Waals surface area contributed by atoms with Gasteiger partial charge < -0.3 is 10.1 Å². The van der Waals surface area contributed by atoms with Crippen molar-refractivity contribution in [2.24, 2.45) is 5.92 Å². The molecule has 2 saturated heterocycles. The Bertz CT molecular complexity index is 516. The topological polar surface area (TPSA) is 41.6 Å². The predicted molar refractivity (Wildman–Crippen MR) is 77.7 cm³/mol. The standard InChI is InChI=1S/C15H19ClN2O2/c1-15(12-6-7-17-8-12)10-20-14(19)18(15)9-11-4-2-3-5-13(11)16/h2-5,12,17H,6-10H2,1H3. The molecule has 1 amide bonds. The molecule has 2 atom stereocenters. The number of halogens is 1. The molecule has 1 N–H and O–H groups in total. The van der Waals surface area contributed by atoms with Crippen LogP contribution in [0.4, 0.5) is 4.79 Å². The van der Waals surface area contributed by atoms with E-state index in [0.717, 1.165) is 25.1 Å². The Morgan fingerprint density at radius 2 is 2.30 bits per heavy atom. The predicted octanol–water partition coefficient (Wildman–Crippen LogP) is 2.66. The number of ether oxygens (including phenoxy) is 1. The highest BCUT2D eigenvalue weighted by atomic mass is 35.5. The van der Waals surface area contributed by atoms with Gasteiger partial charge in [0.25, 0.3) is 0 Å². The smallest absolute Gasteiger partial charge is 0.410 e.